The molecule has 1 aromatic carbocycles. The molecule has 0 bridgehead atoms. The van der Waals surface area contributed by atoms with Gasteiger partial charge in [-0.05, 0) is 12.1 Å². The van der Waals surface area contributed by atoms with E-state index in [1.807, 2.05) is 0 Å². The van der Waals surface area contributed by atoms with Crippen LogP contribution in [0, 0.1) is 0 Å². The second kappa shape index (κ2) is 3.03. The normalized spacial score (nSPS) is 12.2. The van der Waals surface area contributed by atoms with E-state index in [0.717, 1.165) is 16.2 Å². The second-order valence-corrected chi connectivity index (χ2v) is 9.70. The number of benzene rings is 1. The van der Waals surface area contributed by atoms with Gasteiger partial charge in [0.05, 0.1) is 11.6 Å². The van der Waals surface area contributed by atoms with Crippen LogP contribution in [0.25, 0.3) is 10.8 Å². The van der Waals surface area contributed by atoms with E-state index in [4.69, 9.17) is 4.42 Å². The van der Waals surface area contributed by atoms with Crippen LogP contribution in [0.3, 0.4) is 0 Å². The predicted molar refractivity (Wildman–Crippen MR) is 62.5 cm³/mol. The average Bonchev–Trinajstić information content (AvgIpc) is 2.47. The van der Waals surface area contributed by atoms with Crippen LogP contribution >= 0.6 is 0 Å². The number of aromatic hydroxyl groups is 2. The zero-order valence-corrected chi connectivity index (χ0v) is 10.0. The molecule has 0 aliphatic carbocycles. The summed E-state index contributed by atoms with van der Waals surface area (Å²) in [6.07, 6.45) is 1.63. The van der Waals surface area contributed by atoms with Gasteiger partial charge in [-0.2, -0.15) is 0 Å². The fraction of sp³-hybridized carbons (Fsp3) is 0.273. The second-order valence-electron chi connectivity index (χ2n) is 4.74. The molecule has 2 N–H and O–H groups in total. The average molecular weight is 222 g/mol. The lowest BCUT2D eigenvalue weighted by Crippen LogP contribution is -2.36. The summed E-state index contributed by atoms with van der Waals surface area (Å²) in [6, 6.07) is 3.10. The molecular weight excluding hydrogens is 208 g/mol. The fourth-order valence-corrected chi connectivity index (χ4v) is 3.09. The molecule has 0 fully saturated rings. The van der Waals surface area contributed by atoms with Gasteiger partial charge in [0.15, 0.2) is 11.5 Å². The van der Waals surface area contributed by atoms with Crippen LogP contribution in [0.2, 0.25) is 19.6 Å². The third-order valence-electron chi connectivity index (χ3n) is 2.38. The molecular formula is C11H14O3Si. The molecule has 3 nitrogen and oxygen atoms in total. The Bertz CT molecular complexity index is 508. The summed E-state index contributed by atoms with van der Waals surface area (Å²) in [6.45, 7) is 6.53. The van der Waals surface area contributed by atoms with Crippen LogP contribution in [-0.4, -0.2) is 18.3 Å². The minimum absolute atomic E-state index is 0.0941. The van der Waals surface area contributed by atoms with Gasteiger partial charge in [-0.15, -0.1) is 0 Å². The summed E-state index contributed by atoms with van der Waals surface area (Å²) in [7, 11) is -1.55. The van der Waals surface area contributed by atoms with Crippen molar-refractivity contribution >= 4 is 24.2 Å². The molecule has 15 heavy (non-hydrogen) atoms. The van der Waals surface area contributed by atoms with E-state index in [1.54, 1.807) is 12.3 Å². The maximum Gasteiger partial charge on any atom is 0.158 e. The number of fused-ring (bicyclic) bond motifs is 1. The van der Waals surface area contributed by atoms with Crippen molar-refractivity contribution in [2.75, 3.05) is 0 Å². The van der Waals surface area contributed by atoms with E-state index in [-0.39, 0.29) is 11.5 Å². The molecule has 2 rings (SSSR count). The number of rotatable bonds is 1. The third kappa shape index (κ3) is 1.61. The Morgan fingerprint density at radius 1 is 1.07 bits per heavy atom. The van der Waals surface area contributed by atoms with Crippen LogP contribution in [-0.2, 0) is 0 Å². The van der Waals surface area contributed by atoms with Crippen molar-refractivity contribution in [3.8, 4) is 11.5 Å². The highest BCUT2D eigenvalue weighted by molar-refractivity contribution is 6.89. The van der Waals surface area contributed by atoms with E-state index in [1.165, 1.54) is 6.07 Å². The topological polar surface area (TPSA) is 53.6 Å². The number of furan rings is 1. The largest absolute Gasteiger partial charge is 0.504 e. The highest BCUT2D eigenvalue weighted by Gasteiger charge is 2.24. The molecule has 0 amide bonds. The van der Waals surface area contributed by atoms with Crippen LogP contribution in [0.1, 0.15) is 0 Å². The summed E-state index contributed by atoms with van der Waals surface area (Å²) >= 11 is 0. The Balaban J connectivity index is 2.75. The number of hydrogen-bond donors (Lipinski definition) is 2. The van der Waals surface area contributed by atoms with Gasteiger partial charge in [0, 0.05) is 10.8 Å². The van der Waals surface area contributed by atoms with Crippen molar-refractivity contribution in [3.63, 3.8) is 0 Å². The van der Waals surface area contributed by atoms with Crippen LogP contribution in [0.5, 0.6) is 11.5 Å². The summed E-state index contributed by atoms with van der Waals surface area (Å²) in [5, 5.41) is 21.5. The highest BCUT2D eigenvalue weighted by Crippen LogP contribution is 2.30. The lowest BCUT2D eigenvalue weighted by Gasteiger charge is -2.12. The molecule has 0 aliphatic heterocycles. The van der Waals surface area contributed by atoms with Crippen molar-refractivity contribution in [2.24, 2.45) is 0 Å². The molecule has 0 saturated carbocycles. The highest BCUT2D eigenvalue weighted by atomic mass is 28.3. The van der Waals surface area contributed by atoms with Crippen LogP contribution < -0.4 is 5.38 Å². The van der Waals surface area contributed by atoms with Crippen LogP contribution in [0.15, 0.2) is 22.8 Å². The Morgan fingerprint density at radius 2 is 1.67 bits per heavy atom. The van der Waals surface area contributed by atoms with E-state index in [0.29, 0.717) is 0 Å². The molecule has 0 aliphatic rings. The molecule has 4 heteroatoms. The number of phenols is 2. The first-order chi connectivity index (χ1) is 6.89. The zero-order valence-electron chi connectivity index (χ0n) is 9.03. The smallest absolute Gasteiger partial charge is 0.158 e. The lowest BCUT2D eigenvalue weighted by atomic mass is 10.2. The van der Waals surface area contributed by atoms with Crippen molar-refractivity contribution < 1.29 is 14.6 Å². The van der Waals surface area contributed by atoms with Gasteiger partial charge >= 0.3 is 0 Å². The van der Waals surface area contributed by atoms with Gasteiger partial charge in [-0.25, -0.2) is 0 Å². The molecule has 80 valence electrons. The van der Waals surface area contributed by atoms with Crippen molar-refractivity contribution in [1.29, 1.82) is 0 Å². The summed E-state index contributed by atoms with van der Waals surface area (Å²) < 4.78 is 5.53. The lowest BCUT2D eigenvalue weighted by molar-refractivity contribution is 0.405. The van der Waals surface area contributed by atoms with E-state index in [9.17, 15) is 10.2 Å². The van der Waals surface area contributed by atoms with E-state index >= 15 is 0 Å². The van der Waals surface area contributed by atoms with E-state index in [2.05, 4.69) is 19.6 Å². The van der Waals surface area contributed by atoms with Gasteiger partial charge in [-0.1, -0.05) is 19.6 Å². The Kier molecular flexibility index (Phi) is 2.04. The standard InChI is InChI=1S/C11H14O3Si/c1-15(2,3)11-8-5-10(13)9(12)4-7(8)6-14-11/h4-6,12-13H,1-3H3. The van der Waals surface area contributed by atoms with Crippen LogP contribution in [0.4, 0.5) is 0 Å². The summed E-state index contributed by atoms with van der Waals surface area (Å²) in [5.74, 6) is -0.200. The van der Waals surface area contributed by atoms with Gasteiger partial charge in [0.2, 0.25) is 0 Å². The Morgan fingerprint density at radius 3 is 2.27 bits per heavy atom. The maximum atomic E-state index is 9.45. The molecule has 0 saturated heterocycles. The fourth-order valence-electron chi connectivity index (χ4n) is 1.65. The minimum Gasteiger partial charge on any atom is -0.504 e. The first kappa shape index (κ1) is 10.1. The number of phenolic OH excluding ortho intramolecular Hbond substituents is 2. The monoisotopic (exact) mass is 222 g/mol. The predicted octanol–water partition coefficient (Wildman–Crippen LogP) is 2.39. The molecule has 1 aromatic heterocycles. The SMILES string of the molecule is C[Si](C)(C)c1occ2cc(O)c(O)cc12. The molecule has 0 unspecified atom stereocenters. The van der Waals surface area contributed by atoms with E-state index < -0.39 is 8.07 Å². The maximum absolute atomic E-state index is 9.45. The van der Waals surface area contributed by atoms with Gasteiger partial charge in [0.1, 0.15) is 8.07 Å². The Labute approximate surface area is 89.0 Å². The van der Waals surface area contributed by atoms with Crippen molar-refractivity contribution in [2.45, 2.75) is 19.6 Å². The van der Waals surface area contributed by atoms with Gasteiger partial charge < -0.3 is 14.6 Å². The molecule has 1 heterocycles. The quantitative estimate of drug-likeness (QED) is 0.575. The molecule has 2 aromatic rings. The van der Waals surface area contributed by atoms with Gasteiger partial charge in [0.25, 0.3) is 0 Å². The minimum atomic E-state index is -1.55. The number of hydrogen-bond acceptors (Lipinski definition) is 3. The Hall–Kier alpha value is -1.42. The summed E-state index contributed by atoms with van der Waals surface area (Å²) in [5.41, 5.74) is 0. The summed E-state index contributed by atoms with van der Waals surface area (Å²) in [4.78, 5) is 0. The molecule has 0 radical (unpaired) electrons. The third-order valence-corrected chi connectivity index (χ3v) is 4.13. The molecule has 0 spiro atoms. The van der Waals surface area contributed by atoms with Crippen molar-refractivity contribution in [1.82, 2.24) is 0 Å². The van der Waals surface area contributed by atoms with Crippen molar-refractivity contribution in [3.05, 3.63) is 18.4 Å². The van der Waals surface area contributed by atoms with Gasteiger partial charge in [-0.3, -0.25) is 0 Å². The zero-order chi connectivity index (χ0) is 11.2. The first-order valence-corrected chi connectivity index (χ1v) is 8.33. The molecule has 0 atom stereocenters. The first-order valence-electron chi connectivity index (χ1n) is 4.83.